The van der Waals surface area contributed by atoms with Crippen molar-refractivity contribution in [1.29, 1.82) is 0 Å². The zero-order chi connectivity index (χ0) is 14.0. The number of aliphatic hydroxyl groups is 1. The Morgan fingerprint density at radius 2 is 2.21 bits per heavy atom. The van der Waals surface area contributed by atoms with Crippen molar-refractivity contribution in [2.45, 2.75) is 30.1 Å². The van der Waals surface area contributed by atoms with Gasteiger partial charge in [-0.05, 0) is 30.3 Å². The van der Waals surface area contributed by atoms with Crippen LogP contribution < -0.4 is 0 Å². The summed E-state index contributed by atoms with van der Waals surface area (Å²) in [6.45, 7) is 3.19. The van der Waals surface area contributed by atoms with E-state index in [0.29, 0.717) is 16.3 Å². The van der Waals surface area contributed by atoms with Crippen molar-refractivity contribution >= 4 is 17.4 Å². The van der Waals surface area contributed by atoms with E-state index in [4.69, 9.17) is 4.42 Å². The van der Waals surface area contributed by atoms with E-state index >= 15 is 0 Å². The standard InChI is InChI=1S/C11H11N3O4S/c1-6(15)8-3-4-10(9(5-8)14(16)17)19-11-13-12-7(2)18-11/h3-6,15H,1-2H3. The molecule has 0 bridgehead atoms. The van der Waals surface area contributed by atoms with Gasteiger partial charge in [0.25, 0.3) is 10.9 Å². The first kappa shape index (κ1) is 13.5. The average molecular weight is 281 g/mol. The average Bonchev–Trinajstić information content (AvgIpc) is 2.74. The number of hydrogen-bond acceptors (Lipinski definition) is 7. The highest BCUT2D eigenvalue weighted by molar-refractivity contribution is 7.99. The van der Waals surface area contributed by atoms with Crippen LogP contribution in [-0.4, -0.2) is 20.2 Å². The molecule has 0 fully saturated rings. The maximum Gasteiger partial charge on any atom is 0.283 e. The van der Waals surface area contributed by atoms with Gasteiger partial charge < -0.3 is 9.52 Å². The first-order valence-electron chi connectivity index (χ1n) is 5.41. The lowest BCUT2D eigenvalue weighted by Gasteiger charge is -2.06. The van der Waals surface area contributed by atoms with Gasteiger partial charge in [0, 0.05) is 13.0 Å². The second-order valence-corrected chi connectivity index (χ2v) is 4.84. The summed E-state index contributed by atoms with van der Waals surface area (Å²) < 4.78 is 5.17. The van der Waals surface area contributed by atoms with Crippen LogP contribution in [0.15, 0.2) is 32.7 Å². The molecule has 1 aromatic heterocycles. The molecule has 0 aliphatic heterocycles. The molecule has 19 heavy (non-hydrogen) atoms. The third-order valence-corrected chi connectivity index (χ3v) is 3.27. The van der Waals surface area contributed by atoms with Gasteiger partial charge in [0.2, 0.25) is 5.89 Å². The normalized spacial score (nSPS) is 12.4. The number of aryl methyl sites for hydroxylation is 1. The van der Waals surface area contributed by atoms with E-state index in [1.165, 1.54) is 6.07 Å². The number of aromatic nitrogens is 2. The van der Waals surface area contributed by atoms with Gasteiger partial charge in [0.05, 0.1) is 15.9 Å². The molecule has 0 aliphatic carbocycles. The number of benzene rings is 1. The molecule has 7 nitrogen and oxygen atoms in total. The molecule has 0 radical (unpaired) electrons. The molecule has 0 amide bonds. The zero-order valence-electron chi connectivity index (χ0n) is 10.2. The van der Waals surface area contributed by atoms with Gasteiger partial charge in [-0.1, -0.05) is 6.07 Å². The van der Waals surface area contributed by atoms with Crippen molar-refractivity contribution in [3.8, 4) is 0 Å². The fourth-order valence-corrected chi connectivity index (χ4v) is 2.24. The Kier molecular flexibility index (Phi) is 3.82. The molecule has 2 rings (SSSR count). The highest BCUT2D eigenvalue weighted by Gasteiger charge is 2.19. The monoisotopic (exact) mass is 281 g/mol. The minimum absolute atomic E-state index is 0.0979. The van der Waals surface area contributed by atoms with Crippen molar-refractivity contribution in [2.24, 2.45) is 0 Å². The molecule has 1 N–H and O–H groups in total. The molecular weight excluding hydrogens is 270 g/mol. The van der Waals surface area contributed by atoms with Gasteiger partial charge in [-0.25, -0.2) is 0 Å². The molecule has 8 heteroatoms. The van der Waals surface area contributed by atoms with Gasteiger partial charge in [0.15, 0.2) is 0 Å². The number of nitro groups is 1. The fourth-order valence-electron chi connectivity index (χ4n) is 1.44. The van der Waals surface area contributed by atoms with Gasteiger partial charge in [-0.2, -0.15) is 0 Å². The Hall–Kier alpha value is -1.93. The van der Waals surface area contributed by atoms with Gasteiger partial charge in [0.1, 0.15) is 0 Å². The van der Waals surface area contributed by atoms with E-state index in [-0.39, 0.29) is 10.9 Å². The van der Waals surface area contributed by atoms with Crippen LogP contribution in [0.2, 0.25) is 0 Å². The molecule has 1 heterocycles. The van der Waals surface area contributed by atoms with Crippen molar-refractivity contribution in [3.05, 3.63) is 39.8 Å². The summed E-state index contributed by atoms with van der Waals surface area (Å²) in [5.74, 6) is 0.394. The van der Waals surface area contributed by atoms with Crippen LogP contribution in [0.3, 0.4) is 0 Å². The molecule has 0 aliphatic rings. The number of aliphatic hydroxyl groups excluding tert-OH is 1. The summed E-state index contributed by atoms with van der Waals surface area (Å²) in [6.07, 6.45) is -0.761. The van der Waals surface area contributed by atoms with Crippen molar-refractivity contribution in [1.82, 2.24) is 10.2 Å². The van der Waals surface area contributed by atoms with Crippen LogP contribution in [0.4, 0.5) is 5.69 Å². The number of hydrogen-bond donors (Lipinski definition) is 1. The molecule has 1 atom stereocenters. The predicted molar refractivity (Wildman–Crippen MR) is 66.9 cm³/mol. The summed E-state index contributed by atoms with van der Waals surface area (Å²) in [5.41, 5.74) is 0.386. The van der Waals surface area contributed by atoms with E-state index in [1.807, 2.05) is 0 Å². The molecule has 1 unspecified atom stereocenters. The van der Waals surface area contributed by atoms with Crippen molar-refractivity contribution < 1.29 is 14.4 Å². The summed E-state index contributed by atoms with van der Waals surface area (Å²) >= 11 is 1.02. The number of nitrogens with zero attached hydrogens (tertiary/aromatic N) is 3. The zero-order valence-corrected chi connectivity index (χ0v) is 11.0. The van der Waals surface area contributed by atoms with E-state index in [0.717, 1.165) is 11.8 Å². The van der Waals surface area contributed by atoms with Crippen molar-refractivity contribution in [2.75, 3.05) is 0 Å². The van der Waals surface area contributed by atoms with Crippen molar-refractivity contribution in [3.63, 3.8) is 0 Å². The summed E-state index contributed by atoms with van der Waals surface area (Å²) in [6, 6.07) is 4.53. The van der Waals surface area contributed by atoms with Gasteiger partial charge in [-0.3, -0.25) is 10.1 Å². The van der Waals surface area contributed by atoms with E-state index in [9.17, 15) is 15.2 Å². The van der Waals surface area contributed by atoms with Crippen LogP contribution in [0, 0.1) is 17.0 Å². The summed E-state index contributed by atoms with van der Waals surface area (Å²) in [7, 11) is 0. The molecule has 0 saturated carbocycles. The van der Waals surface area contributed by atoms with Crippen LogP contribution in [0.1, 0.15) is 24.5 Å². The Morgan fingerprint density at radius 1 is 1.47 bits per heavy atom. The van der Waals surface area contributed by atoms with Crippen LogP contribution in [-0.2, 0) is 0 Å². The third-order valence-electron chi connectivity index (χ3n) is 2.37. The van der Waals surface area contributed by atoms with Crippen LogP contribution in [0.5, 0.6) is 0 Å². The smallest absolute Gasteiger partial charge is 0.283 e. The second-order valence-electron chi connectivity index (χ2n) is 3.85. The lowest BCUT2D eigenvalue weighted by atomic mass is 10.1. The maximum atomic E-state index is 11.0. The number of rotatable bonds is 4. The minimum atomic E-state index is -0.761. The topological polar surface area (TPSA) is 102 Å². The van der Waals surface area contributed by atoms with E-state index in [2.05, 4.69) is 10.2 Å². The Morgan fingerprint density at radius 3 is 2.74 bits per heavy atom. The Balaban J connectivity index is 2.36. The molecule has 100 valence electrons. The van der Waals surface area contributed by atoms with Gasteiger partial charge >= 0.3 is 0 Å². The van der Waals surface area contributed by atoms with Crippen LogP contribution in [0.25, 0.3) is 0 Å². The lowest BCUT2D eigenvalue weighted by Crippen LogP contribution is -1.96. The maximum absolute atomic E-state index is 11.0. The largest absolute Gasteiger partial charge is 0.416 e. The quantitative estimate of drug-likeness (QED) is 0.678. The summed E-state index contributed by atoms with van der Waals surface area (Å²) in [4.78, 5) is 10.9. The van der Waals surface area contributed by atoms with E-state index in [1.54, 1.807) is 26.0 Å². The first-order chi connectivity index (χ1) is 8.97. The highest BCUT2D eigenvalue weighted by atomic mass is 32.2. The predicted octanol–water partition coefficient (Wildman–Crippen LogP) is 2.49. The molecule has 1 aromatic carbocycles. The first-order valence-corrected chi connectivity index (χ1v) is 6.23. The minimum Gasteiger partial charge on any atom is -0.416 e. The Bertz CT molecular complexity index is 612. The summed E-state index contributed by atoms with van der Waals surface area (Å²) in [5, 5.41) is 28.1. The SMILES string of the molecule is Cc1nnc(Sc2ccc(C(C)O)cc2[N+](=O)[O-])o1. The molecule has 0 saturated heterocycles. The number of nitro benzene ring substituents is 1. The Labute approximate surface area is 112 Å². The van der Waals surface area contributed by atoms with Crippen LogP contribution >= 0.6 is 11.8 Å². The lowest BCUT2D eigenvalue weighted by molar-refractivity contribution is -0.387. The molecular formula is C11H11N3O4S. The highest BCUT2D eigenvalue weighted by Crippen LogP contribution is 2.35. The second kappa shape index (κ2) is 5.37. The molecule has 2 aromatic rings. The third kappa shape index (κ3) is 3.09. The van der Waals surface area contributed by atoms with Gasteiger partial charge in [-0.15, -0.1) is 10.2 Å². The van der Waals surface area contributed by atoms with E-state index < -0.39 is 11.0 Å². The molecule has 0 spiro atoms. The fraction of sp³-hybridized carbons (Fsp3) is 0.273.